The lowest BCUT2D eigenvalue weighted by Crippen LogP contribution is -2.58. The monoisotopic (exact) mass is 557 g/mol. The largest absolute Gasteiger partial charge is 0.312 e. The quantitative estimate of drug-likeness (QED) is 0.192. The summed E-state index contributed by atoms with van der Waals surface area (Å²) in [5.41, 5.74) is 17.8. The lowest BCUT2D eigenvalue weighted by Gasteiger charge is -2.39. The Morgan fingerprint density at radius 1 is 0.318 bits per heavy atom. The first-order valence-electron chi connectivity index (χ1n) is 15.3. The van der Waals surface area contributed by atoms with Crippen molar-refractivity contribution >= 4 is 40.2 Å². The van der Waals surface area contributed by atoms with Crippen molar-refractivity contribution in [3.63, 3.8) is 0 Å². The number of hydrogen-bond acceptors (Lipinski definition) is 1. The van der Waals surface area contributed by atoms with Crippen molar-refractivity contribution in [1.29, 1.82) is 0 Å². The lowest BCUT2D eigenvalue weighted by molar-refractivity contribution is 1.29. The molecule has 2 heterocycles. The van der Waals surface area contributed by atoms with E-state index in [2.05, 4.69) is 175 Å². The van der Waals surface area contributed by atoms with Gasteiger partial charge in [-0.3, -0.25) is 0 Å². The summed E-state index contributed by atoms with van der Waals surface area (Å²) in [4.78, 5) is 2.46. The van der Waals surface area contributed by atoms with Gasteiger partial charge in [0.25, 0.3) is 0 Å². The summed E-state index contributed by atoms with van der Waals surface area (Å²) in [6.45, 7) is 0.0166. The van der Waals surface area contributed by atoms with Crippen LogP contribution in [0.25, 0.3) is 44.5 Å². The van der Waals surface area contributed by atoms with Crippen molar-refractivity contribution < 1.29 is 0 Å². The topological polar surface area (TPSA) is 3.24 Å². The van der Waals surface area contributed by atoms with Gasteiger partial charge in [-0.25, -0.2) is 0 Å². The zero-order valence-corrected chi connectivity index (χ0v) is 24.2. The van der Waals surface area contributed by atoms with E-state index in [-0.39, 0.29) is 6.71 Å². The van der Waals surface area contributed by atoms with E-state index in [0.29, 0.717) is 0 Å². The van der Waals surface area contributed by atoms with Crippen molar-refractivity contribution in [2.75, 3.05) is 4.90 Å². The molecule has 0 saturated heterocycles. The summed E-state index contributed by atoms with van der Waals surface area (Å²) in [5.74, 6) is 0. The predicted octanol–water partition coefficient (Wildman–Crippen LogP) is 8.97. The molecule has 0 unspecified atom stereocenters. The van der Waals surface area contributed by atoms with E-state index in [4.69, 9.17) is 0 Å². The molecule has 2 aliphatic rings. The Bertz CT molecular complexity index is 2180. The van der Waals surface area contributed by atoms with Gasteiger partial charge in [0.05, 0.1) is 0 Å². The van der Waals surface area contributed by atoms with Crippen LogP contribution in [0, 0.1) is 0 Å². The molecule has 9 rings (SSSR count). The molecule has 0 fully saturated rings. The number of hydrogen-bond donors (Lipinski definition) is 0. The van der Waals surface area contributed by atoms with E-state index in [0.717, 1.165) is 0 Å². The van der Waals surface area contributed by atoms with Gasteiger partial charge in [0.1, 0.15) is 0 Å². The first-order valence-corrected chi connectivity index (χ1v) is 15.3. The van der Waals surface area contributed by atoms with E-state index >= 15 is 0 Å². The third-order valence-electron chi connectivity index (χ3n) is 9.32. The molecule has 0 bridgehead atoms. The van der Waals surface area contributed by atoms with E-state index in [9.17, 15) is 0 Å². The minimum absolute atomic E-state index is 0.0166. The number of benzene rings is 7. The van der Waals surface area contributed by atoms with Crippen LogP contribution in [-0.2, 0) is 0 Å². The molecule has 1 nitrogen and oxygen atoms in total. The number of nitrogens with zero attached hydrogens (tertiary/aromatic N) is 1. The minimum Gasteiger partial charge on any atom is -0.312 e. The molecule has 0 saturated carbocycles. The number of anilines is 3. The molecule has 2 heteroatoms. The van der Waals surface area contributed by atoms with Crippen LogP contribution >= 0.6 is 0 Å². The molecule has 2 aliphatic heterocycles. The summed E-state index contributed by atoms with van der Waals surface area (Å²) in [5, 5.41) is 0. The van der Waals surface area contributed by atoms with Crippen molar-refractivity contribution in [3.05, 3.63) is 170 Å². The molecule has 0 atom stereocenters. The highest BCUT2D eigenvalue weighted by Gasteiger charge is 2.40. The van der Waals surface area contributed by atoms with Crippen LogP contribution in [0.3, 0.4) is 0 Å². The lowest BCUT2D eigenvalue weighted by atomic mass is 9.32. The second-order valence-corrected chi connectivity index (χ2v) is 11.6. The average molecular weight is 558 g/mol. The summed E-state index contributed by atoms with van der Waals surface area (Å²) in [6, 6.07) is 62.4. The zero-order valence-electron chi connectivity index (χ0n) is 24.2. The third-order valence-corrected chi connectivity index (χ3v) is 9.32. The summed E-state index contributed by atoms with van der Waals surface area (Å²) < 4.78 is 0. The highest BCUT2D eigenvalue weighted by Crippen LogP contribution is 2.44. The van der Waals surface area contributed by atoms with E-state index in [1.165, 1.54) is 78.0 Å². The SMILES string of the molecule is c1ccc(-c2cccc3c2B2c4ccccc4N(c4ccccc4)c4cccc(c42)-c2ccccc2-c2ccccc2-3)cc1. The zero-order chi connectivity index (χ0) is 29.0. The fourth-order valence-electron chi connectivity index (χ4n) is 7.55. The van der Waals surface area contributed by atoms with Gasteiger partial charge in [0.15, 0.2) is 0 Å². The number of para-hydroxylation sites is 2. The fourth-order valence-corrected chi connectivity index (χ4v) is 7.55. The normalized spacial score (nSPS) is 12.5. The van der Waals surface area contributed by atoms with Crippen LogP contribution in [0.4, 0.5) is 17.1 Å². The van der Waals surface area contributed by atoms with Crippen LogP contribution in [0.2, 0.25) is 0 Å². The second kappa shape index (κ2) is 10.0. The van der Waals surface area contributed by atoms with Crippen molar-refractivity contribution in [1.82, 2.24) is 0 Å². The van der Waals surface area contributed by atoms with Gasteiger partial charge in [-0.2, -0.15) is 0 Å². The first-order chi connectivity index (χ1) is 21.9. The van der Waals surface area contributed by atoms with Crippen molar-refractivity contribution in [3.8, 4) is 44.5 Å². The average Bonchev–Trinajstić information content (AvgIpc) is 3.15. The van der Waals surface area contributed by atoms with Crippen LogP contribution in [0.15, 0.2) is 170 Å². The molecule has 7 aromatic carbocycles. The Morgan fingerprint density at radius 3 is 1.45 bits per heavy atom. The number of rotatable bonds is 2. The number of fused-ring (bicyclic) bond motifs is 9. The van der Waals surface area contributed by atoms with Crippen molar-refractivity contribution in [2.24, 2.45) is 0 Å². The Kier molecular flexibility index (Phi) is 5.67. The maximum atomic E-state index is 2.46. The molecule has 0 radical (unpaired) electrons. The van der Waals surface area contributed by atoms with Gasteiger partial charge in [0, 0.05) is 17.1 Å². The first kappa shape index (κ1) is 25.0. The second-order valence-electron chi connectivity index (χ2n) is 11.6. The fraction of sp³-hybridized carbons (Fsp3) is 0. The molecule has 0 amide bonds. The molecule has 0 aliphatic carbocycles. The maximum Gasteiger partial charge on any atom is 0.249 e. The molecule has 44 heavy (non-hydrogen) atoms. The Labute approximate surface area is 258 Å². The van der Waals surface area contributed by atoms with Crippen LogP contribution < -0.4 is 21.3 Å². The molecule has 0 aromatic heterocycles. The maximum absolute atomic E-state index is 2.46. The van der Waals surface area contributed by atoms with E-state index in [1.54, 1.807) is 0 Å². The third kappa shape index (κ3) is 3.68. The molecular formula is C42H28BN. The highest BCUT2D eigenvalue weighted by molar-refractivity contribution is 7.00. The molecular weight excluding hydrogens is 529 g/mol. The molecule has 204 valence electrons. The molecule has 0 N–H and O–H groups in total. The Morgan fingerprint density at radius 2 is 0.773 bits per heavy atom. The standard InChI is InChI=1S/C42H28BN/c1-3-15-29(16-4-1)31-23-13-24-36-34-21-9-7-19-32(34)33-20-8-10-22-35(33)37-25-14-28-40-42(37)43(41(31)36)38-26-11-12-27-39(38)44(40)30-17-5-2-6-18-30/h1-28H. The van der Waals surface area contributed by atoms with Crippen LogP contribution in [-0.4, -0.2) is 6.71 Å². The van der Waals surface area contributed by atoms with Gasteiger partial charge < -0.3 is 4.90 Å². The Balaban J connectivity index is 1.50. The highest BCUT2D eigenvalue weighted by atomic mass is 15.1. The van der Waals surface area contributed by atoms with Gasteiger partial charge >= 0.3 is 0 Å². The molecule has 7 aromatic rings. The predicted molar refractivity (Wildman–Crippen MR) is 188 cm³/mol. The van der Waals surface area contributed by atoms with E-state index < -0.39 is 0 Å². The Hall–Kier alpha value is -5.60. The smallest absolute Gasteiger partial charge is 0.249 e. The van der Waals surface area contributed by atoms with Gasteiger partial charge in [-0.05, 0) is 79.7 Å². The van der Waals surface area contributed by atoms with Crippen LogP contribution in [0.5, 0.6) is 0 Å². The molecule has 0 spiro atoms. The van der Waals surface area contributed by atoms with Gasteiger partial charge in [-0.15, -0.1) is 0 Å². The summed E-state index contributed by atoms with van der Waals surface area (Å²) >= 11 is 0. The minimum atomic E-state index is 0.0166. The summed E-state index contributed by atoms with van der Waals surface area (Å²) in [6.07, 6.45) is 0. The summed E-state index contributed by atoms with van der Waals surface area (Å²) in [7, 11) is 0. The van der Waals surface area contributed by atoms with E-state index in [1.807, 2.05) is 0 Å². The van der Waals surface area contributed by atoms with Gasteiger partial charge in [-0.1, -0.05) is 151 Å². The van der Waals surface area contributed by atoms with Crippen molar-refractivity contribution in [2.45, 2.75) is 0 Å². The van der Waals surface area contributed by atoms with Crippen LogP contribution in [0.1, 0.15) is 0 Å². The van der Waals surface area contributed by atoms with Gasteiger partial charge in [0.2, 0.25) is 6.71 Å².